The number of carbonyl (C=O) groups is 1. The minimum atomic E-state index is -3.93. The highest BCUT2D eigenvalue weighted by atomic mass is 35.5. The molecular weight excluding hydrogens is 510 g/mol. The monoisotopic (exact) mass is 532 g/mol. The smallest absolute Gasteiger partial charge is 0.256 e. The summed E-state index contributed by atoms with van der Waals surface area (Å²) < 4.78 is 54.3. The lowest BCUT2D eigenvalue weighted by Crippen LogP contribution is -2.60. The van der Waals surface area contributed by atoms with E-state index >= 15 is 0 Å². The number of fused-ring (bicyclic) bond motifs is 2. The Bertz CT molecular complexity index is 1450. The van der Waals surface area contributed by atoms with Crippen molar-refractivity contribution in [1.29, 1.82) is 0 Å². The maximum absolute atomic E-state index is 13.7. The van der Waals surface area contributed by atoms with Gasteiger partial charge < -0.3 is 10.4 Å². The molecule has 0 saturated heterocycles. The molecule has 2 bridgehead atoms. The van der Waals surface area contributed by atoms with Crippen molar-refractivity contribution in [3.8, 4) is 11.1 Å². The van der Waals surface area contributed by atoms with Crippen LogP contribution in [0.2, 0.25) is 5.02 Å². The highest BCUT2D eigenvalue weighted by Gasteiger charge is 2.57. The van der Waals surface area contributed by atoms with Crippen LogP contribution in [0.4, 0.5) is 14.5 Å². The van der Waals surface area contributed by atoms with Gasteiger partial charge in [-0.2, -0.15) is 0 Å². The molecule has 3 aliphatic rings. The molecule has 0 spiro atoms. The number of sulfone groups is 1. The number of aromatic nitrogens is 1. The van der Waals surface area contributed by atoms with Gasteiger partial charge in [0, 0.05) is 35.3 Å². The van der Waals surface area contributed by atoms with Crippen molar-refractivity contribution in [3.63, 3.8) is 0 Å². The van der Waals surface area contributed by atoms with Crippen LogP contribution in [0.1, 0.15) is 36.5 Å². The van der Waals surface area contributed by atoms with E-state index in [0.29, 0.717) is 24.0 Å². The molecule has 3 aromatic rings. The summed E-state index contributed by atoms with van der Waals surface area (Å²) in [5.74, 6) is -3.14. The Labute approximate surface area is 212 Å². The molecule has 6 rings (SSSR count). The summed E-state index contributed by atoms with van der Waals surface area (Å²) in [5, 5.41) is 12.3. The molecule has 1 heterocycles. The molecule has 3 aliphatic carbocycles. The zero-order valence-corrected chi connectivity index (χ0v) is 20.8. The van der Waals surface area contributed by atoms with Crippen LogP contribution < -0.4 is 5.32 Å². The van der Waals surface area contributed by atoms with Gasteiger partial charge in [-0.3, -0.25) is 9.78 Å². The van der Waals surface area contributed by atoms with E-state index in [-0.39, 0.29) is 33.0 Å². The van der Waals surface area contributed by atoms with Gasteiger partial charge in [0.15, 0.2) is 21.5 Å². The summed E-state index contributed by atoms with van der Waals surface area (Å²) in [5.41, 5.74) is -0.0147. The van der Waals surface area contributed by atoms with Crippen molar-refractivity contribution in [2.75, 3.05) is 5.32 Å². The summed E-state index contributed by atoms with van der Waals surface area (Å²) in [4.78, 5) is 17.2. The summed E-state index contributed by atoms with van der Waals surface area (Å²) in [6.45, 7) is 1.74. The third-order valence-electron chi connectivity index (χ3n) is 7.53. The average Bonchev–Trinajstić information content (AvgIpc) is 2.86. The van der Waals surface area contributed by atoms with E-state index in [0.717, 1.165) is 18.6 Å². The van der Waals surface area contributed by atoms with Crippen molar-refractivity contribution in [2.24, 2.45) is 11.8 Å². The van der Waals surface area contributed by atoms with Crippen LogP contribution in [0.5, 0.6) is 0 Å². The molecule has 2 aromatic carbocycles. The zero-order valence-electron chi connectivity index (χ0n) is 19.2. The van der Waals surface area contributed by atoms with E-state index in [1.54, 1.807) is 25.3 Å². The second kappa shape index (κ2) is 8.90. The number of carbonyl (C=O) groups excluding carboxylic acids is 1. The van der Waals surface area contributed by atoms with Crippen LogP contribution >= 0.6 is 11.6 Å². The number of pyridine rings is 1. The lowest BCUT2D eigenvalue weighted by molar-refractivity contribution is -0.162. The normalized spacial score (nSPS) is 25.2. The number of aliphatic hydroxyl groups is 1. The minimum Gasteiger partial charge on any atom is -0.390 e. The largest absolute Gasteiger partial charge is 0.390 e. The van der Waals surface area contributed by atoms with Gasteiger partial charge in [0.25, 0.3) is 5.91 Å². The van der Waals surface area contributed by atoms with Gasteiger partial charge in [-0.1, -0.05) is 17.7 Å². The Kier molecular flexibility index (Phi) is 6.13. The van der Waals surface area contributed by atoms with E-state index in [9.17, 15) is 27.1 Å². The van der Waals surface area contributed by atoms with E-state index < -0.39 is 38.2 Å². The number of nitrogens with zero attached hydrogens (tertiary/aromatic N) is 1. The van der Waals surface area contributed by atoms with Crippen LogP contribution in [0, 0.1) is 23.5 Å². The van der Waals surface area contributed by atoms with Crippen molar-refractivity contribution in [3.05, 3.63) is 77.1 Å². The van der Waals surface area contributed by atoms with Gasteiger partial charge in [0.1, 0.15) is 0 Å². The lowest BCUT2D eigenvalue weighted by atomic mass is 9.54. The van der Waals surface area contributed by atoms with E-state index in [4.69, 9.17) is 11.6 Å². The van der Waals surface area contributed by atoms with Crippen LogP contribution in [0.15, 0.2) is 59.8 Å². The number of amides is 1. The first-order chi connectivity index (χ1) is 17.0. The first-order valence-electron chi connectivity index (χ1n) is 11.4. The highest BCUT2D eigenvalue weighted by molar-refractivity contribution is 7.92. The molecule has 3 fully saturated rings. The summed E-state index contributed by atoms with van der Waals surface area (Å²) in [6, 6.07) is 8.91. The molecule has 36 heavy (non-hydrogen) atoms. The van der Waals surface area contributed by atoms with Crippen LogP contribution in [0.25, 0.3) is 11.1 Å². The van der Waals surface area contributed by atoms with Gasteiger partial charge in [0.2, 0.25) is 0 Å². The first kappa shape index (κ1) is 24.8. The standard InChI is InChI=1S/C26H23ClF2N2O4S/c1-26(33)15-7-16(26)9-18(8-15)36(34,35)24-12-20(19(11-21(24)27)14-3-2-6-30-13-14)25(32)31-17-4-5-22(28)23(29)10-17/h2-6,10-13,15-16,18,33H,7-9H2,1H3,(H,31,32). The van der Waals surface area contributed by atoms with Crippen LogP contribution in [-0.4, -0.2) is 35.3 Å². The molecule has 2 N–H and O–H groups in total. The summed E-state index contributed by atoms with van der Waals surface area (Å²) >= 11 is 6.49. The maximum Gasteiger partial charge on any atom is 0.256 e. The second-order valence-electron chi connectivity index (χ2n) is 9.65. The van der Waals surface area contributed by atoms with Gasteiger partial charge >= 0.3 is 0 Å². The molecule has 1 amide bonds. The van der Waals surface area contributed by atoms with Crippen molar-refractivity contribution >= 4 is 33.0 Å². The molecule has 1 aromatic heterocycles. The van der Waals surface area contributed by atoms with Gasteiger partial charge in [-0.25, -0.2) is 17.2 Å². The maximum atomic E-state index is 13.7. The number of hydrogen-bond acceptors (Lipinski definition) is 5. The third-order valence-corrected chi connectivity index (χ3v) is 10.2. The molecule has 2 unspecified atom stereocenters. The minimum absolute atomic E-state index is 0.00462. The highest BCUT2D eigenvalue weighted by Crippen LogP contribution is 2.55. The van der Waals surface area contributed by atoms with Crippen molar-refractivity contribution in [1.82, 2.24) is 4.98 Å². The average molecular weight is 533 g/mol. The topological polar surface area (TPSA) is 96.4 Å². The Morgan fingerprint density at radius 3 is 2.44 bits per heavy atom. The van der Waals surface area contributed by atoms with Crippen LogP contribution in [-0.2, 0) is 9.84 Å². The third kappa shape index (κ3) is 4.19. The molecule has 6 nitrogen and oxygen atoms in total. The molecule has 0 aliphatic heterocycles. The Balaban J connectivity index is 1.56. The molecule has 3 saturated carbocycles. The number of hydrogen-bond donors (Lipinski definition) is 2. The lowest BCUT2D eigenvalue weighted by Gasteiger charge is -2.56. The van der Waals surface area contributed by atoms with Gasteiger partial charge in [-0.15, -0.1) is 0 Å². The number of anilines is 1. The van der Waals surface area contributed by atoms with Gasteiger partial charge in [0.05, 0.1) is 20.8 Å². The van der Waals surface area contributed by atoms with Crippen LogP contribution in [0.3, 0.4) is 0 Å². The summed E-state index contributed by atoms with van der Waals surface area (Å²) in [6.07, 6.45) is 4.46. The fraction of sp³-hybridized carbons (Fsp3) is 0.308. The Hall–Kier alpha value is -2.88. The SMILES string of the molecule is CC1(O)C2CC1CC(S(=O)(=O)c1cc(C(=O)Nc3ccc(F)c(F)c3)c(-c3cccnc3)cc1Cl)C2. The number of rotatable bonds is 5. The molecule has 0 radical (unpaired) electrons. The quantitative estimate of drug-likeness (QED) is 0.467. The zero-order chi connectivity index (χ0) is 25.8. The molecule has 2 atom stereocenters. The fourth-order valence-electron chi connectivity index (χ4n) is 5.32. The molecular formula is C26H23ClF2N2O4S. The predicted molar refractivity (Wildman–Crippen MR) is 131 cm³/mol. The molecule has 10 heteroatoms. The fourth-order valence-corrected chi connectivity index (χ4v) is 7.75. The van der Waals surface area contributed by atoms with E-state index in [1.807, 2.05) is 0 Å². The number of halogens is 3. The van der Waals surface area contributed by atoms with Crippen molar-refractivity contribution in [2.45, 2.75) is 41.9 Å². The number of nitrogens with one attached hydrogen (secondary N) is 1. The predicted octanol–water partition coefficient (Wildman–Crippen LogP) is 5.26. The second-order valence-corrected chi connectivity index (χ2v) is 12.3. The van der Waals surface area contributed by atoms with Gasteiger partial charge in [-0.05, 0) is 73.9 Å². The first-order valence-corrected chi connectivity index (χ1v) is 13.4. The van der Waals surface area contributed by atoms with Crippen molar-refractivity contribution < 1.29 is 27.1 Å². The van der Waals surface area contributed by atoms with E-state index in [1.165, 1.54) is 24.4 Å². The molecule has 188 valence electrons. The summed E-state index contributed by atoms with van der Waals surface area (Å²) in [7, 11) is -3.93. The Morgan fingerprint density at radius 2 is 1.83 bits per heavy atom. The Morgan fingerprint density at radius 1 is 1.11 bits per heavy atom. The van der Waals surface area contributed by atoms with E-state index in [2.05, 4.69) is 10.3 Å². The number of benzene rings is 2.